The quantitative estimate of drug-likeness (QED) is 0.118. The fraction of sp³-hybridized carbons (Fsp3) is 0.172. The van der Waals surface area contributed by atoms with Crippen molar-refractivity contribution < 1.29 is 9.59 Å². The van der Waals surface area contributed by atoms with E-state index in [1.807, 2.05) is 54.6 Å². The van der Waals surface area contributed by atoms with Gasteiger partial charge in [-0.25, -0.2) is 0 Å². The minimum Gasteiger partial charge on any atom is -0.377 e. The minimum atomic E-state index is -0.204. The van der Waals surface area contributed by atoms with Gasteiger partial charge in [0.1, 0.15) is 0 Å². The third-order valence-corrected chi connectivity index (χ3v) is 6.40. The van der Waals surface area contributed by atoms with Crippen molar-refractivity contribution in [3.05, 3.63) is 107 Å². The summed E-state index contributed by atoms with van der Waals surface area (Å²) in [5.74, 6) is 6.65. The second-order valence-corrected chi connectivity index (χ2v) is 9.14. The highest BCUT2D eigenvalue weighted by Gasteiger charge is 2.34. The molecule has 0 spiro atoms. The molecule has 3 aromatic rings. The van der Waals surface area contributed by atoms with Crippen LogP contribution < -0.4 is 5.73 Å². The summed E-state index contributed by atoms with van der Waals surface area (Å²) in [6, 6.07) is 24.8. The van der Waals surface area contributed by atoms with Crippen molar-refractivity contribution in [3.8, 4) is 11.8 Å². The van der Waals surface area contributed by atoms with E-state index in [-0.39, 0.29) is 11.8 Å². The Hall–Kier alpha value is -4.15. The molecule has 1 heterocycles. The molecule has 6 nitrogen and oxygen atoms in total. The number of carbonyl (C=O) groups excluding carboxylic acids is 2. The number of fused-ring (bicyclic) bond motifs is 1. The van der Waals surface area contributed by atoms with Crippen molar-refractivity contribution in [2.24, 2.45) is 15.9 Å². The summed E-state index contributed by atoms with van der Waals surface area (Å²) in [4.78, 5) is 26.1. The van der Waals surface area contributed by atoms with Crippen LogP contribution in [-0.2, 0) is 5.75 Å². The van der Waals surface area contributed by atoms with Crippen LogP contribution in [0.4, 0.5) is 0 Å². The molecule has 1 aliphatic rings. The lowest BCUT2D eigenvalue weighted by Crippen LogP contribution is -2.30. The normalized spacial score (nSPS) is 13.1. The number of unbranched alkanes of at least 4 members (excludes halogenated alkanes) is 2. The average Bonchev–Trinajstić information content (AvgIpc) is 3.15. The van der Waals surface area contributed by atoms with Gasteiger partial charge in [-0.2, -0.15) is 5.10 Å². The van der Waals surface area contributed by atoms with Crippen molar-refractivity contribution in [1.29, 1.82) is 0 Å². The van der Waals surface area contributed by atoms with E-state index in [0.29, 0.717) is 29.3 Å². The molecule has 0 bridgehead atoms. The highest BCUT2D eigenvalue weighted by Crippen LogP contribution is 2.22. The van der Waals surface area contributed by atoms with Crippen LogP contribution >= 0.6 is 11.8 Å². The molecule has 0 saturated heterocycles. The molecule has 0 saturated carbocycles. The Morgan fingerprint density at radius 2 is 1.56 bits per heavy atom. The lowest BCUT2D eigenvalue weighted by atomic mass is 10.1. The largest absolute Gasteiger partial charge is 0.377 e. The fourth-order valence-electron chi connectivity index (χ4n) is 3.66. The number of nitrogens with zero attached hydrogens (tertiary/aromatic N) is 3. The Balaban J connectivity index is 1.17. The van der Waals surface area contributed by atoms with Crippen LogP contribution in [0.25, 0.3) is 0 Å². The number of amides is 2. The maximum atomic E-state index is 12.4. The molecule has 0 unspecified atom stereocenters. The summed E-state index contributed by atoms with van der Waals surface area (Å²) in [6.07, 6.45) is 3.89. The number of hydrogen-bond donors (Lipinski definition) is 1. The molecule has 2 amide bonds. The molecule has 0 atom stereocenters. The predicted octanol–water partition coefficient (Wildman–Crippen LogP) is 5.09. The maximum Gasteiger partial charge on any atom is 0.261 e. The fourth-order valence-corrected chi connectivity index (χ4v) is 4.27. The van der Waals surface area contributed by atoms with Crippen LogP contribution in [0.3, 0.4) is 0 Å². The molecule has 0 radical (unpaired) electrons. The number of thioether (sulfide) groups is 1. The number of carbonyl (C=O) groups is 2. The number of imide groups is 1. The maximum absolute atomic E-state index is 12.4. The minimum absolute atomic E-state index is 0.204. The van der Waals surface area contributed by atoms with Crippen molar-refractivity contribution in [3.63, 3.8) is 0 Å². The number of rotatable bonds is 8. The molecule has 3 aromatic carbocycles. The highest BCUT2D eigenvalue weighted by atomic mass is 32.2. The van der Waals surface area contributed by atoms with Crippen LogP contribution in [-0.4, -0.2) is 34.6 Å². The monoisotopic (exact) mass is 494 g/mol. The Morgan fingerprint density at radius 3 is 2.25 bits per heavy atom. The van der Waals surface area contributed by atoms with Gasteiger partial charge in [-0.05, 0) is 48.2 Å². The van der Waals surface area contributed by atoms with Gasteiger partial charge in [-0.15, -0.1) is 5.10 Å². The van der Waals surface area contributed by atoms with Gasteiger partial charge in [0.05, 0.1) is 17.3 Å². The van der Waals surface area contributed by atoms with Gasteiger partial charge in [0.25, 0.3) is 11.8 Å². The SMILES string of the molecule is NC(=NN=Cc1ccc(C#CCCCCN2C(=O)c3ccccc3C2=O)cc1)SCc1ccccc1. The number of nitrogens with two attached hydrogens (primary N) is 1. The van der Waals surface area contributed by atoms with Crippen LogP contribution in [0.5, 0.6) is 0 Å². The molecule has 0 fully saturated rings. The van der Waals surface area contributed by atoms with Gasteiger partial charge in [-0.1, -0.05) is 78.2 Å². The Kier molecular flexibility index (Phi) is 8.68. The first kappa shape index (κ1) is 25.0. The third-order valence-electron chi connectivity index (χ3n) is 5.55. The van der Waals surface area contributed by atoms with Gasteiger partial charge in [0.15, 0.2) is 5.17 Å². The molecular formula is C29H26N4O2S. The lowest BCUT2D eigenvalue weighted by molar-refractivity contribution is 0.0652. The van der Waals surface area contributed by atoms with Crippen molar-refractivity contribution in [2.75, 3.05) is 6.54 Å². The molecule has 180 valence electrons. The first-order valence-electron chi connectivity index (χ1n) is 11.7. The van der Waals surface area contributed by atoms with Gasteiger partial charge in [-0.3, -0.25) is 14.5 Å². The standard InChI is InChI=1S/C29H26N4O2S/c30-29(36-21-24-11-5-3-6-12-24)32-31-20-23-17-15-22(16-18-23)10-4-1-2-9-19-33-27(34)25-13-7-8-14-26(25)28(33)35/h3,5-8,11-18,20H,1-2,9,19,21H2,(H2,30,32). The van der Waals surface area contributed by atoms with Crippen LogP contribution in [0.15, 0.2) is 89.1 Å². The second-order valence-electron chi connectivity index (χ2n) is 8.15. The molecule has 0 aliphatic carbocycles. The second kappa shape index (κ2) is 12.5. The molecular weight excluding hydrogens is 468 g/mol. The Labute approximate surface area is 215 Å². The molecule has 4 rings (SSSR count). The molecule has 36 heavy (non-hydrogen) atoms. The molecule has 1 aliphatic heterocycles. The predicted molar refractivity (Wildman–Crippen MR) is 146 cm³/mol. The van der Waals surface area contributed by atoms with Crippen molar-refractivity contribution >= 4 is 35.0 Å². The van der Waals surface area contributed by atoms with E-state index in [1.165, 1.54) is 22.2 Å². The van der Waals surface area contributed by atoms with Crippen LogP contribution in [0, 0.1) is 11.8 Å². The summed E-state index contributed by atoms with van der Waals surface area (Å²) in [7, 11) is 0. The smallest absolute Gasteiger partial charge is 0.261 e. The van der Waals surface area contributed by atoms with E-state index >= 15 is 0 Å². The summed E-state index contributed by atoms with van der Waals surface area (Å²) in [5, 5.41) is 8.52. The van der Waals surface area contributed by atoms with E-state index in [1.54, 1.807) is 30.5 Å². The first-order valence-corrected chi connectivity index (χ1v) is 12.7. The summed E-state index contributed by atoms with van der Waals surface area (Å²) in [6.45, 7) is 0.416. The average molecular weight is 495 g/mol. The topological polar surface area (TPSA) is 88.1 Å². The van der Waals surface area contributed by atoms with Gasteiger partial charge in [0.2, 0.25) is 0 Å². The lowest BCUT2D eigenvalue weighted by Gasteiger charge is -2.12. The van der Waals surface area contributed by atoms with Crippen LogP contribution in [0.2, 0.25) is 0 Å². The van der Waals surface area contributed by atoms with Gasteiger partial charge in [0, 0.05) is 24.3 Å². The molecule has 0 aromatic heterocycles. The third kappa shape index (κ3) is 6.71. The summed E-state index contributed by atoms with van der Waals surface area (Å²) in [5.41, 5.74) is 9.90. The van der Waals surface area contributed by atoms with E-state index in [0.717, 1.165) is 29.7 Å². The zero-order valence-corrected chi connectivity index (χ0v) is 20.6. The van der Waals surface area contributed by atoms with Gasteiger partial charge < -0.3 is 5.73 Å². The molecule has 7 heteroatoms. The van der Waals surface area contributed by atoms with Gasteiger partial charge >= 0.3 is 0 Å². The Bertz CT molecular complexity index is 1300. The number of hydrogen-bond acceptors (Lipinski definition) is 5. The highest BCUT2D eigenvalue weighted by molar-refractivity contribution is 8.13. The summed E-state index contributed by atoms with van der Waals surface area (Å²) < 4.78 is 0. The zero-order chi connectivity index (χ0) is 25.2. The van der Waals surface area contributed by atoms with E-state index in [2.05, 4.69) is 22.0 Å². The van der Waals surface area contributed by atoms with Crippen LogP contribution in [0.1, 0.15) is 56.7 Å². The van der Waals surface area contributed by atoms with E-state index in [9.17, 15) is 9.59 Å². The first-order chi connectivity index (χ1) is 17.6. The van der Waals surface area contributed by atoms with Crippen molar-refractivity contribution in [2.45, 2.75) is 25.0 Å². The number of amidine groups is 1. The number of benzene rings is 3. The van der Waals surface area contributed by atoms with E-state index in [4.69, 9.17) is 5.73 Å². The van der Waals surface area contributed by atoms with E-state index < -0.39 is 0 Å². The Morgan fingerprint density at radius 1 is 0.889 bits per heavy atom. The summed E-state index contributed by atoms with van der Waals surface area (Å²) >= 11 is 1.45. The van der Waals surface area contributed by atoms with Crippen molar-refractivity contribution in [1.82, 2.24) is 4.90 Å². The zero-order valence-electron chi connectivity index (χ0n) is 19.8. The molecule has 2 N–H and O–H groups in total.